The summed E-state index contributed by atoms with van der Waals surface area (Å²) in [5.41, 5.74) is 1.47. The van der Waals surface area contributed by atoms with Gasteiger partial charge < -0.3 is 9.83 Å². The zero-order valence-electron chi connectivity index (χ0n) is 11.2. The number of hydrogen-bond donors (Lipinski definition) is 1. The predicted molar refractivity (Wildman–Crippen MR) is 80.6 cm³/mol. The van der Waals surface area contributed by atoms with E-state index < -0.39 is 4.92 Å². The van der Waals surface area contributed by atoms with Gasteiger partial charge in [-0.2, -0.15) is 0 Å². The minimum Gasteiger partial charge on any atom is -0.452 e. The molecule has 6 heteroatoms. The Morgan fingerprint density at radius 1 is 1.09 bits per heavy atom. The van der Waals surface area contributed by atoms with Gasteiger partial charge in [0.1, 0.15) is 11.2 Å². The highest BCUT2D eigenvalue weighted by atomic mass is 16.6. The Hall–Kier alpha value is -3.28. The van der Waals surface area contributed by atoms with Crippen molar-refractivity contribution in [1.82, 2.24) is 4.98 Å². The van der Waals surface area contributed by atoms with Crippen molar-refractivity contribution >= 4 is 27.6 Å². The predicted octanol–water partition coefficient (Wildman–Crippen LogP) is 3.47. The van der Waals surface area contributed by atoms with E-state index in [9.17, 15) is 10.1 Å². The van der Waals surface area contributed by atoms with Gasteiger partial charge in [0.05, 0.1) is 16.3 Å². The maximum absolute atomic E-state index is 10.9. The van der Waals surface area contributed by atoms with Crippen LogP contribution in [0.2, 0.25) is 0 Å². The van der Waals surface area contributed by atoms with Crippen LogP contribution >= 0.6 is 0 Å². The number of nitro benzene ring substituents is 1. The van der Waals surface area contributed by atoms with E-state index in [2.05, 4.69) is 4.98 Å². The molecular weight excluding hydrogens is 282 g/mol. The number of rotatable bonds is 1. The molecule has 22 heavy (non-hydrogen) atoms. The first-order valence-electron chi connectivity index (χ1n) is 6.59. The highest BCUT2D eigenvalue weighted by Crippen LogP contribution is 2.31. The molecule has 2 aromatic rings. The minimum atomic E-state index is -0.477. The molecule has 106 valence electrons. The Morgan fingerprint density at radius 2 is 1.86 bits per heavy atom. The molecule has 0 atom stereocenters. The average Bonchev–Trinajstić information content (AvgIpc) is 2.53. The third-order valence-electron chi connectivity index (χ3n) is 3.59. The lowest BCUT2D eigenvalue weighted by Gasteiger charge is -2.09. The van der Waals surface area contributed by atoms with Gasteiger partial charge >= 0.3 is 0 Å². The normalized spacial score (nSPS) is 11.3. The fourth-order valence-corrected chi connectivity index (χ4v) is 2.56. The van der Waals surface area contributed by atoms with E-state index in [1.165, 1.54) is 12.1 Å². The van der Waals surface area contributed by atoms with E-state index in [1.807, 2.05) is 24.3 Å². The molecule has 0 saturated carbocycles. The Kier molecular flexibility index (Phi) is 2.47. The van der Waals surface area contributed by atoms with E-state index in [-0.39, 0.29) is 5.69 Å². The molecule has 0 unspecified atom stereocenters. The molecule has 0 bridgehead atoms. The SMILES string of the molecule is N=c1cc2oc3cc([N+](=O)[O-])ccc3nc-2c2ccccc12. The van der Waals surface area contributed by atoms with Crippen molar-refractivity contribution in [2.75, 3.05) is 0 Å². The Morgan fingerprint density at radius 3 is 2.64 bits per heavy atom. The summed E-state index contributed by atoms with van der Waals surface area (Å²) in [4.78, 5) is 14.9. The fourth-order valence-electron chi connectivity index (χ4n) is 2.56. The van der Waals surface area contributed by atoms with Crippen LogP contribution < -0.4 is 5.36 Å². The second kappa shape index (κ2) is 4.36. The standard InChI is InChI=1S/C16H9N3O3/c17-12-8-15-16(11-4-2-1-3-10(11)12)18-13-6-5-9(19(20)21)7-14(13)22-15/h1-8,17H. The highest BCUT2D eigenvalue weighted by Gasteiger charge is 2.16. The monoisotopic (exact) mass is 291 g/mol. The molecule has 1 aliphatic carbocycles. The Balaban J connectivity index is 2.16. The topological polar surface area (TPSA) is 93.0 Å². The van der Waals surface area contributed by atoms with Crippen molar-refractivity contribution in [2.45, 2.75) is 0 Å². The quantitative estimate of drug-likeness (QED) is 0.251. The third kappa shape index (κ3) is 1.74. The summed E-state index contributed by atoms with van der Waals surface area (Å²) < 4.78 is 5.74. The van der Waals surface area contributed by atoms with Crippen LogP contribution in [0.15, 0.2) is 52.9 Å². The maximum atomic E-state index is 10.9. The van der Waals surface area contributed by atoms with Gasteiger partial charge in [-0.25, -0.2) is 4.98 Å². The van der Waals surface area contributed by atoms with E-state index in [0.717, 1.165) is 10.8 Å². The van der Waals surface area contributed by atoms with Crippen LogP contribution in [0.25, 0.3) is 33.3 Å². The number of benzene rings is 3. The maximum Gasteiger partial charge on any atom is 0.273 e. The number of nitro groups is 1. The molecule has 1 aliphatic heterocycles. The number of hydrogen-bond acceptors (Lipinski definition) is 5. The number of non-ortho nitro benzene ring substituents is 1. The van der Waals surface area contributed by atoms with Crippen LogP contribution in [0.1, 0.15) is 0 Å². The summed E-state index contributed by atoms with van der Waals surface area (Å²) in [6.45, 7) is 0. The molecule has 0 radical (unpaired) electrons. The highest BCUT2D eigenvalue weighted by molar-refractivity contribution is 5.96. The fraction of sp³-hybridized carbons (Fsp3) is 0. The summed E-state index contributed by atoms with van der Waals surface area (Å²) >= 11 is 0. The van der Waals surface area contributed by atoms with Gasteiger partial charge in [-0.05, 0) is 6.07 Å². The van der Waals surface area contributed by atoms with Gasteiger partial charge in [0.25, 0.3) is 5.69 Å². The molecule has 0 aromatic heterocycles. The average molecular weight is 291 g/mol. The summed E-state index contributed by atoms with van der Waals surface area (Å²) in [6, 6.07) is 13.4. The van der Waals surface area contributed by atoms with Crippen molar-refractivity contribution in [2.24, 2.45) is 0 Å². The van der Waals surface area contributed by atoms with E-state index in [4.69, 9.17) is 9.83 Å². The molecule has 0 saturated heterocycles. The van der Waals surface area contributed by atoms with Gasteiger partial charge in [0, 0.05) is 22.9 Å². The van der Waals surface area contributed by atoms with Crippen molar-refractivity contribution < 1.29 is 9.34 Å². The number of nitrogens with one attached hydrogen (secondary N) is 1. The van der Waals surface area contributed by atoms with Crippen molar-refractivity contribution in [3.05, 3.63) is 64.0 Å². The van der Waals surface area contributed by atoms with Crippen LogP contribution in [0.3, 0.4) is 0 Å². The number of nitrogens with zero attached hydrogens (tertiary/aromatic N) is 2. The summed E-state index contributed by atoms with van der Waals surface area (Å²) in [6.07, 6.45) is 0. The van der Waals surface area contributed by atoms with Crippen LogP contribution in [0, 0.1) is 15.5 Å². The van der Waals surface area contributed by atoms with Crippen molar-refractivity contribution in [1.29, 1.82) is 5.41 Å². The number of fused-ring (bicyclic) bond motifs is 4. The van der Waals surface area contributed by atoms with Crippen molar-refractivity contribution in [3.63, 3.8) is 0 Å². The van der Waals surface area contributed by atoms with E-state index in [1.54, 1.807) is 12.1 Å². The lowest BCUT2D eigenvalue weighted by molar-refractivity contribution is -0.384. The van der Waals surface area contributed by atoms with Gasteiger partial charge in [-0.1, -0.05) is 24.3 Å². The van der Waals surface area contributed by atoms with Crippen LogP contribution in [-0.2, 0) is 0 Å². The zero-order valence-corrected chi connectivity index (χ0v) is 11.2. The summed E-state index contributed by atoms with van der Waals surface area (Å²) in [5.74, 6) is 0.441. The van der Waals surface area contributed by atoms with Crippen molar-refractivity contribution in [3.8, 4) is 11.5 Å². The van der Waals surface area contributed by atoms with Gasteiger partial charge in [0.2, 0.25) is 0 Å². The largest absolute Gasteiger partial charge is 0.452 e. The Labute approximate surface area is 123 Å². The molecule has 0 fully saturated rings. The Bertz CT molecular complexity index is 1080. The summed E-state index contributed by atoms with van der Waals surface area (Å²) in [7, 11) is 0. The van der Waals surface area contributed by atoms with E-state index >= 15 is 0 Å². The molecule has 0 amide bonds. The smallest absolute Gasteiger partial charge is 0.273 e. The lowest BCUT2D eigenvalue weighted by Crippen LogP contribution is -2.04. The van der Waals surface area contributed by atoms with Crippen LogP contribution in [-0.4, -0.2) is 9.91 Å². The zero-order chi connectivity index (χ0) is 15.3. The van der Waals surface area contributed by atoms with Gasteiger partial charge in [-0.15, -0.1) is 0 Å². The number of aromatic nitrogens is 1. The molecule has 1 N–H and O–H groups in total. The molecule has 4 rings (SSSR count). The second-order valence-electron chi connectivity index (χ2n) is 4.94. The third-order valence-corrected chi connectivity index (χ3v) is 3.59. The molecule has 2 aliphatic rings. The van der Waals surface area contributed by atoms with Crippen LogP contribution in [0.4, 0.5) is 5.69 Å². The molecule has 1 heterocycles. The minimum absolute atomic E-state index is 0.0516. The first kappa shape index (κ1) is 12.5. The van der Waals surface area contributed by atoms with Gasteiger partial charge in [0.15, 0.2) is 11.3 Å². The molecule has 6 nitrogen and oxygen atoms in total. The van der Waals surface area contributed by atoms with E-state index in [0.29, 0.717) is 27.9 Å². The summed E-state index contributed by atoms with van der Waals surface area (Å²) in [5, 5.41) is 20.9. The lowest BCUT2D eigenvalue weighted by atomic mass is 10.0. The second-order valence-corrected chi connectivity index (χ2v) is 4.94. The first-order chi connectivity index (χ1) is 10.6. The van der Waals surface area contributed by atoms with Gasteiger partial charge in [-0.3, -0.25) is 10.1 Å². The first-order valence-corrected chi connectivity index (χ1v) is 6.59. The van der Waals surface area contributed by atoms with Crippen LogP contribution in [0.5, 0.6) is 0 Å². The molecule has 2 aromatic carbocycles. The molecular formula is C16H9N3O3. The molecule has 0 spiro atoms.